The van der Waals surface area contributed by atoms with E-state index in [1.165, 1.54) is 6.92 Å². The molecule has 0 spiro atoms. The number of carboxylic acids is 1. The van der Waals surface area contributed by atoms with Crippen molar-refractivity contribution in [1.82, 2.24) is 0 Å². The third-order valence-electron chi connectivity index (χ3n) is 1.73. The van der Waals surface area contributed by atoms with Crippen LogP contribution in [0.15, 0.2) is 10.9 Å². The molecule has 0 aliphatic heterocycles. The third-order valence-corrected chi connectivity index (χ3v) is 2.86. The predicted molar refractivity (Wildman–Crippen MR) is 47.2 cm³/mol. The van der Waals surface area contributed by atoms with Crippen LogP contribution in [0.4, 0.5) is 0 Å². The fourth-order valence-corrected chi connectivity index (χ4v) is 1.76. The van der Waals surface area contributed by atoms with Crippen LogP contribution in [0.2, 0.25) is 0 Å². The topological polar surface area (TPSA) is 94.8 Å². The second-order valence-electron chi connectivity index (χ2n) is 3.04. The molecular formula is C7H13O5P. The Bertz CT molecular complexity index is 285. The first kappa shape index (κ1) is 12.4. The smallest absolute Gasteiger partial charge is 0.363 e. The Morgan fingerprint density at radius 3 is 1.77 bits per heavy atom. The van der Waals surface area contributed by atoms with Gasteiger partial charge in [0.25, 0.3) is 0 Å². The van der Waals surface area contributed by atoms with E-state index in [2.05, 4.69) is 0 Å². The van der Waals surface area contributed by atoms with E-state index in [4.69, 9.17) is 14.9 Å². The normalized spacial score (nSPS) is 14.3. The predicted octanol–water partition coefficient (Wildman–Crippen LogP) is 1.18. The molecular weight excluding hydrogens is 195 g/mol. The van der Waals surface area contributed by atoms with Crippen LogP contribution < -0.4 is 0 Å². The second-order valence-corrected chi connectivity index (χ2v) is 4.57. The van der Waals surface area contributed by atoms with Crippen LogP contribution in [-0.2, 0) is 9.36 Å². The summed E-state index contributed by atoms with van der Waals surface area (Å²) in [6.07, 6.45) is 0. The van der Waals surface area contributed by atoms with Gasteiger partial charge in [0.05, 0.1) is 0 Å². The van der Waals surface area contributed by atoms with E-state index in [0.717, 1.165) is 0 Å². The standard InChI is InChI=1S/C7H13O5P/c1-4(2)5(3)6(7(8)9)13(10,11)12/h4H,1-3H3,(H,8,9)(H2,10,11,12). The van der Waals surface area contributed by atoms with Crippen molar-refractivity contribution in [3.05, 3.63) is 10.9 Å². The van der Waals surface area contributed by atoms with Crippen molar-refractivity contribution in [2.45, 2.75) is 20.8 Å². The molecule has 6 heteroatoms. The van der Waals surface area contributed by atoms with Crippen LogP contribution in [-0.4, -0.2) is 20.9 Å². The molecule has 5 nitrogen and oxygen atoms in total. The van der Waals surface area contributed by atoms with Crippen molar-refractivity contribution >= 4 is 13.6 Å². The maximum Gasteiger partial charge on any atom is 0.363 e. The first-order valence-corrected chi connectivity index (χ1v) is 5.29. The van der Waals surface area contributed by atoms with Gasteiger partial charge in [0.15, 0.2) is 0 Å². The highest BCUT2D eigenvalue weighted by Gasteiger charge is 2.30. The molecule has 0 saturated heterocycles. The molecule has 0 aliphatic carbocycles. The van der Waals surface area contributed by atoms with Crippen molar-refractivity contribution < 1.29 is 24.3 Å². The molecule has 0 atom stereocenters. The minimum Gasteiger partial charge on any atom is -0.477 e. The highest BCUT2D eigenvalue weighted by atomic mass is 31.2. The molecule has 0 radical (unpaired) electrons. The lowest BCUT2D eigenvalue weighted by Crippen LogP contribution is -2.07. The Morgan fingerprint density at radius 2 is 1.69 bits per heavy atom. The molecule has 0 aromatic rings. The quantitative estimate of drug-likeness (QED) is 0.478. The zero-order valence-electron chi connectivity index (χ0n) is 7.68. The first-order chi connectivity index (χ1) is 5.68. The van der Waals surface area contributed by atoms with E-state index in [-0.39, 0.29) is 11.5 Å². The van der Waals surface area contributed by atoms with Gasteiger partial charge in [0.2, 0.25) is 0 Å². The number of rotatable bonds is 3. The van der Waals surface area contributed by atoms with Gasteiger partial charge in [-0.2, -0.15) is 0 Å². The Morgan fingerprint density at radius 1 is 1.31 bits per heavy atom. The Hall–Kier alpha value is -0.640. The summed E-state index contributed by atoms with van der Waals surface area (Å²) in [5, 5.41) is 7.79. The first-order valence-electron chi connectivity index (χ1n) is 3.68. The van der Waals surface area contributed by atoms with Crippen LogP contribution in [0.5, 0.6) is 0 Å². The molecule has 0 heterocycles. The molecule has 0 amide bonds. The molecule has 3 N–H and O–H groups in total. The molecule has 0 bridgehead atoms. The lowest BCUT2D eigenvalue weighted by atomic mass is 10.1. The second kappa shape index (κ2) is 4.05. The number of hydrogen-bond donors (Lipinski definition) is 3. The van der Waals surface area contributed by atoms with Gasteiger partial charge in [-0.05, 0) is 18.4 Å². The Kier molecular flexibility index (Phi) is 3.85. The molecule has 0 rings (SSSR count). The van der Waals surface area contributed by atoms with Gasteiger partial charge in [-0.15, -0.1) is 0 Å². The van der Waals surface area contributed by atoms with Crippen molar-refractivity contribution in [2.75, 3.05) is 0 Å². The lowest BCUT2D eigenvalue weighted by molar-refractivity contribution is -0.132. The van der Waals surface area contributed by atoms with Crippen LogP contribution >= 0.6 is 7.60 Å². The van der Waals surface area contributed by atoms with Gasteiger partial charge in [-0.25, -0.2) is 4.79 Å². The van der Waals surface area contributed by atoms with E-state index in [9.17, 15) is 9.36 Å². The highest BCUT2D eigenvalue weighted by Crippen LogP contribution is 2.47. The summed E-state index contributed by atoms with van der Waals surface area (Å²) in [5.74, 6) is -1.75. The average Bonchev–Trinajstić information content (AvgIpc) is 1.82. The molecule has 0 fully saturated rings. The Labute approximate surface area is 76.2 Å². The summed E-state index contributed by atoms with van der Waals surface area (Å²) in [6.45, 7) is 4.76. The van der Waals surface area contributed by atoms with Crippen LogP contribution in [0.25, 0.3) is 0 Å². The zero-order chi connectivity index (χ0) is 10.8. The highest BCUT2D eigenvalue weighted by molar-refractivity contribution is 7.58. The van der Waals surface area contributed by atoms with Crippen molar-refractivity contribution in [2.24, 2.45) is 5.92 Å². The van der Waals surface area contributed by atoms with E-state index in [1.807, 2.05) is 0 Å². The number of carbonyl (C=O) groups is 1. The van der Waals surface area contributed by atoms with E-state index < -0.39 is 18.9 Å². The zero-order valence-corrected chi connectivity index (χ0v) is 8.58. The minimum atomic E-state index is -4.66. The SMILES string of the molecule is CC(=C(C(=O)O)P(=O)(O)O)C(C)C. The Balaban J connectivity index is 5.40. The number of allylic oxidation sites excluding steroid dienone is 1. The number of aliphatic carboxylic acids is 1. The molecule has 0 aromatic carbocycles. The van der Waals surface area contributed by atoms with Crippen LogP contribution in [0.3, 0.4) is 0 Å². The van der Waals surface area contributed by atoms with Crippen LogP contribution in [0.1, 0.15) is 20.8 Å². The van der Waals surface area contributed by atoms with Crippen molar-refractivity contribution in [3.8, 4) is 0 Å². The molecule has 0 aliphatic rings. The summed E-state index contributed by atoms with van der Waals surface area (Å²) in [5.41, 5.74) is 0.209. The molecule has 0 saturated carbocycles. The molecule has 0 unspecified atom stereocenters. The number of carboxylic acid groups (broad SMARTS) is 1. The molecule has 76 valence electrons. The molecule has 0 aromatic heterocycles. The van der Waals surface area contributed by atoms with Crippen molar-refractivity contribution in [1.29, 1.82) is 0 Å². The average molecular weight is 208 g/mol. The van der Waals surface area contributed by atoms with Gasteiger partial charge >= 0.3 is 13.6 Å². The molecule has 13 heavy (non-hydrogen) atoms. The van der Waals surface area contributed by atoms with E-state index in [0.29, 0.717) is 0 Å². The van der Waals surface area contributed by atoms with Gasteiger partial charge in [0.1, 0.15) is 5.31 Å². The van der Waals surface area contributed by atoms with Gasteiger partial charge in [0, 0.05) is 0 Å². The number of hydrogen-bond acceptors (Lipinski definition) is 2. The third kappa shape index (κ3) is 3.30. The summed E-state index contributed by atoms with van der Waals surface area (Å²) in [7, 11) is -4.66. The fraction of sp³-hybridized carbons (Fsp3) is 0.571. The van der Waals surface area contributed by atoms with Crippen molar-refractivity contribution in [3.63, 3.8) is 0 Å². The lowest BCUT2D eigenvalue weighted by Gasteiger charge is -2.12. The van der Waals surface area contributed by atoms with Gasteiger partial charge < -0.3 is 14.9 Å². The van der Waals surface area contributed by atoms with Gasteiger partial charge in [-0.3, -0.25) is 4.57 Å². The minimum absolute atomic E-state index is 0.196. The maximum absolute atomic E-state index is 10.8. The fourth-order valence-electron chi connectivity index (χ4n) is 0.796. The monoisotopic (exact) mass is 208 g/mol. The summed E-state index contributed by atoms with van der Waals surface area (Å²) in [4.78, 5) is 28.0. The summed E-state index contributed by atoms with van der Waals surface area (Å²) in [6, 6.07) is 0. The van der Waals surface area contributed by atoms with Gasteiger partial charge in [-0.1, -0.05) is 13.8 Å². The summed E-state index contributed by atoms with van der Waals surface area (Å²) < 4.78 is 10.8. The summed E-state index contributed by atoms with van der Waals surface area (Å²) >= 11 is 0. The van der Waals surface area contributed by atoms with Crippen LogP contribution in [0, 0.1) is 5.92 Å². The largest absolute Gasteiger partial charge is 0.477 e. The van der Waals surface area contributed by atoms with E-state index in [1.54, 1.807) is 13.8 Å². The maximum atomic E-state index is 10.8. The van der Waals surface area contributed by atoms with E-state index >= 15 is 0 Å².